The Labute approximate surface area is 141 Å². The summed E-state index contributed by atoms with van der Waals surface area (Å²) >= 11 is 6.15. The number of amides is 1. The molecule has 1 aromatic rings. The van der Waals surface area contributed by atoms with Crippen molar-refractivity contribution in [2.45, 2.75) is 26.2 Å². The van der Waals surface area contributed by atoms with Gasteiger partial charge < -0.3 is 20.9 Å². The molecule has 0 unspecified atom stereocenters. The fraction of sp³-hybridized carbons (Fsp3) is 0.529. The first-order valence-corrected chi connectivity index (χ1v) is 8.42. The van der Waals surface area contributed by atoms with E-state index < -0.39 is 0 Å². The van der Waals surface area contributed by atoms with Crippen LogP contribution >= 0.6 is 11.6 Å². The molecule has 2 aliphatic heterocycles. The fourth-order valence-electron chi connectivity index (χ4n) is 3.88. The second kappa shape index (κ2) is 6.04. The molecule has 1 spiro atoms. The molecule has 0 bridgehead atoms. The molecule has 6 heteroatoms. The molecule has 0 aromatic heterocycles. The predicted octanol–water partition coefficient (Wildman–Crippen LogP) is 2.76. The molecule has 2 fully saturated rings. The summed E-state index contributed by atoms with van der Waals surface area (Å²) in [5.74, 6) is 0.179. The molecule has 1 aromatic carbocycles. The topological polar surface area (TPSA) is 73.4 Å². The highest BCUT2D eigenvalue weighted by atomic mass is 35.5. The molecule has 0 radical (unpaired) electrons. The van der Waals surface area contributed by atoms with Crippen molar-refractivity contribution in [2.24, 2.45) is 5.41 Å². The third-order valence-corrected chi connectivity index (χ3v) is 5.57. The van der Waals surface area contributed by atoms with Gasteiger partial charge in [-0.3, -0.25) is 4.79 Å². The summed E-state index contributed by atoms with van der Waals surface area (Å²) in [6.45, 7) is 5.23. The van der Waals surface area contributed by atoms with Gasteiger partial charge in [-0.2, -0.15) is 0 Å². The highest BCUT2D eigenvalue weighted by Crippen LogP contribution is 2.42. The zero-order valence-electron chi connectivity index (χ0n) is 13.4. The zero-order valence-corrected chi connectivity index (χ0v) is 14.2. The number of rotatable bonds is 2. The number of nitrogens with two attached hydrogens (primary N) is 1. The minimum atomic E-state index is 0.179. The Morgan fingerprint density at radius 2 is 1.96 bits per heavy atom. The van der Waals surface area contributed by atoms with Crippen molar-refractivity contribution in [1.82, 2.24) is 4.90 Å². The lowest BCUT2D eigenvalue weighted by Crippen LogP contribution is -2.42. The molecule has 0 saturated carbocycles. The van der Waals surface area contributed by atoms with Crippen LogP contribution < -0.4 is 10.6 Å². The van der Waals surface area contributed by atoms with Gasteiger partial charge in [0.05, 0.1) is 0 Å². The quantitative estimate of drug-likeness (QED) is 0.645. The first-order valence-electron chi connectivity index (χ1n) is 8.04. The van der Waals surface area contributed by atoms with Crippen molar-refractivity contribution in [2.75, 3.05) is 36.8 Å². The van der Waals surface area contributed by atoms with Gasteiger partial charge in [-0.1, -0.05) is 11.6 Å². The van der Waals surface area contributed by atoms with Crippen LogP contribution in [0.4, 0.5) is 11.4 Å². The summed E-state index contributed by atoms with van der Waals surface area (Å²) in [6, 6.07) is 3.59. The maximum atomic E-state index is 11.6. The smallest absolute Gasteiger partial charge is 0.219 e. The predicted molar refractivity (Wildman–Crippen MR) is 94.5 cm³/mol. The summed E-state index contributed by atoms with van der Waals surface area (Å²) in [5.41, 5.74) is 8.49. The van der Waals surface area contributed by atoms with Gasteiger partial charge in [0.15, 0.2) is 0 Å². The van der Waals surface area contributed by atoms with Crippen LogP contribution in [-0.4, -0.2) is 43.2 Å². The van der Waals surface area contributed by atoms with Gasteiger partial charge >= 0.3 is 0 Å². The monoisotopic (exact) mass is 334 g/mol. The van der Waals surface area contributed by atoms with Crippen molar-refractivity contribution >= 4 is 35.1 Å². The van der Waals surface area contributed by atoms with Crippen LogP contribution in [0.1, 0.15) is 31.7 Å². The Morgan fingerprint density at radius 3 is 2.52 bits per heavy atom. The molecular formula is C17H23ClN4O. The Balaban J connectivity index is 1.75. The molecule has 0 aliphatic carbocycles. The van der Waals surface area contributed by atoms with Crippen molar-refractivity contribution in [3.8, 4) is 0 Å². The zero-order chi connectivity index (χ0) is 16.6. The Bertz CT molecular complexity index is 638. The molecule has 1 amide bonds. The minimum absolute atomic E-state index is 0.179. The third-order valence-electron chi connectivity index (χ3n) is 5.35. The van der Waals surface area contributed by atoms with Crippen molar-refractivity contribution in [3.05, 3.63) is 22.7 Å². The number of likely N-dealkylation sites (tertiary alicyclic amines) is 1. The molecule has 0 atom stereocenters. The van der Waals surface area contributed by atoms with Crippen LogP contribution in [-0.2, 0) is 4.79 Å². The summed E-state index contributed by atoms with van der Waals surface area (Å²) in [4.78, 5) is 15.8. The Morgan fingerprint density at radius 1 is 1.30 bits per heavy atom. The van der Waals surface area contributed by atoms with E-state index in [4.69, 9.17) is 22.7 Å². The van der Waals surface area contributed by atoms with Crippen LogP contribution in [0.25, 0.3) is 0 Å². The lowest BCUT2D eigenvalue weighted by Gasteiger charge is -2.41. The van der Waals surface area contributed by atoms with Crippen LogP contribution in [0.3, 0.4) is 0 Å². The van der Waals surface area contributed by atoms with Crippen LogP contribution in [0.5, 0.6) is 0 Å². The largest absolute Gasteiger partial charge is 0.398 e. The van der Waals surface area contributed by atoms with Crippen LogP contribution in [0.15, 0.2) is 12.1 Å². The number of nitrogen functional groups attached to an aromatic ring is 1. The second-order valence-corrected chi connectivity index (χ2v) is 7.19. The Hall–Kier alpha value is -1.75. The molecule has 2 saturated heterocycles. The van der Waals surface area contributed by atoms with E-state index >= 15 is 0 Å². The molecule has 124 valence electrons. The number of nitrogens with zero attached hydrogens (tertiary/aromatic N) is 2. The Kier molecular flexibility index (Phi) is 4.23. The number of hydrogen-bond donors (Lipinski definition) is 2. The maximum absolute atomic E-state index is 11.6. The number of piperidine rings is 1. The number of anilines is 2. The fourth-order valence-corrected chi connectivity index (χ4v) is 4.10. The molecule has 5 nitrogen and oxygen atoms in total. The van der Waals surface area contributed by atoms with Gasteiger partial charge in [-0.05, 0) is 36.8 Å². The van der Waals surface area contributed by atoms with E-state index in [2.05, 4.69) is 4.90 Å². The van der Waals surface area contributed by atoms with E-state index in [-0.39, 0.29) is 11.3 Å². The number of carbonyl (C=O) groups is 1. The second-order valence-electron chi connectivity index (χ2n) is 6.75. The van der Waals surface area contributed by atoms with Gasteiger partial charge in [-0.15, -0.1) is 0 Å². The maximum Gasteiger partial charge on any atom is 0.219 e. The van der Waals surface area contributed by atoms with Gasteiger partial charge in [0.1, 0.15) is 0 Å². The van der Waals surface area contributed by atoms with E-state index in [1.807, 2.05) is 11.0 Å². The standard InChI is InChI=1S/C17H23ClN4O/c1-12(23)22-7-4-17(11-22)2-5-21(6-3-17)16-9-13(18)8-15(20)14(16)10-19/h8-10,19H,2-7,11,20H2,1H3. The van der Waals surface area contributed by atoms with Gasteiger partial charge in [0.2, 0.25) is 5.91 Å². The highest BCUT2D eigenvalue weighted by Gasteiger charge is 2.41. The molecule has 2 heterocycles. The normalized spacial score (nSPS) is 20.1. The van der Waals surface area contributed by atoms with Crippen molar-refractivity contribution in [1.29, 1.82) is 5.41 Å². The summed E-state index contributed by atoms with van der Waals surface area (Å²) < 4.78 is 0. The first kappa shape index (κ1) is 16.1. The minimum Gasteiger partial charge on any atom is -0.398 e. The third kappa shape index (κ3) is 3.02. The first-order chi connectivity index (χ1) is 10.9. The summed E-state index contributed by atoms with van der Waals surface area (Å²) in [7, 11) is 0. The lowest BCUT2D eigenvalue weighted by molar-refractivity contribution is -0.128. The number of carbonyl (C=O) groups excluding carboxylic acids is 1. The van der Waals surface area contributed by atoms with E-state index in [0.717, 1.165) is 56.7 Å². The number of halogens is 1. The van der Waals surface area contributed by atoms with Crippen molar-refractivity contribution in [3.63, 3.8) is 0 Å². The van der Waals surface area contributed by atoms with Crippen LogP contribution in [0.2, 0.25) is 5.02 Å². The van der Waals surface area contributed by atoms with Gasteiger partial charge in [0, 0.05) is 61.3 Å². The van der Waals surface area contributed by atoms with E-state index in [1.54, 1.807) is 13.0 Å². The number of nitrogens with one attached hydrogen (secondary N) is 1. The average Bonchev–Trinajstić information content (AvgIpc) is 2.92. The molecule has 23 heavy (non-hydrogen) atoms. The van der Waals surface area contributed by atoms with E-state index in [9.17, 15) is 4.79 Å². The summed E-state index contributed by atoms with van der Waals surface area (Å²) in [6.07, 6.45) is 4.51. The molecule has 2 aliphatic rings. The van der Waals surface area contributed by atoms with Gasteiger partial charge in [-0.25, -0.2) is 0 Å². The average molecular weight is 335 g/mol. The number of benzene rings is 1. The molecular weight excluding hydrogens is 312 g/mol. The highest BCUT2D eigenvalue weighted by molar-refractivity contribution is 6.31. The lowest BCUT2D eigenvalue weighted by atomic mass is 9.77. The SMILES string of the molecule is CC(=O)N1CCC2(CCN(c3cc(Cl)cc(N)c3C=N)CC2)C1. The van der Waals surface area contributed by atoms with E-state index in [0.29, 0.717) is 10.7 Å². The van der Waals surface area contributed by atoms with Crippen LogP contribution in [0, 0.1) is 10.8 Å². The van der Waals surface area contributed by atoms with Crippen molar-refractivity contribution < 1.29 is 4.79 Å². The van der Waals surface area contributed by atoms with E-state index in [1.165, 1.54) is 6.21 Å². The summed E-state index contributed by atoms with van der Waals surface area (Å²) in [5, 5.41) is 8.23. The molecule has 3 rings (SSSR count). The molecule has 3 N–H and O–H groups in total. The van der Waals surface area contributed by atoms with Gasteiger partial charge in [0.25, 0.3) is 0 Å². The number of hydrogen-bond acceptors (Lipinski definition) is 4.